The Morgan fingerprint density at radius 1 is 0.585 bits per heavy atom. The fraction of sp³-hybridized carbons (Fsp3) is 0.628. The predicted molar refractivity (Wildman–Crippen MR) is 219 cm³/mol. The second kappa shape index (κ2) is 38.9. The van der Waals surface area contributed by atoms with Crippen molar-refractivity contribution in [2.45, 2.75) is 148 Å². The summed E-state index contributed by atoms with van der Waals surface area (Å²) in [4.78, 5) is 34.8. The zero-order chi connectivity index (χ0) is 38.9. The van der Waals surface area contributed by atoms with E-state index in [1.165, 1.54) is 25.7 Å². The molecule has 0 aliphatic rings. The molecule has 10 heteroatoms. The summed E-state index contributed by atoms with van der Waals surface area (Å²) < 4.78 is 32.6. The number of carbonyl (C=O) groups is 2. The number of unbranched alkanes of at least 4 members (excludes halogenated alkanes) is 9. The van der Waals surface area contributed by atoms with Crippen LogP contribution in [0.5, 0.6) is 0 Å². The second-order valence-electron chi connectivity index (χ2n) is 12.8. The number of allylic oxidation sites excluding steroid dienone is 14. The average Bonchev–Trinajstić information content (AvgIpc) is 3.14. The highest BCUT2D eigenvalue weighted by molar-refractivity contribution is 7.47. The van der Waals surface area contributed by atoms with Crippen LogP contribution in [0.2, 0.25) is 0 Å². The predicted octanol–water partition coefficient (Wildman–Crippen LogP) is 11.3. The third-order valence-electron chi connectivity index (χ3n) is 7.77. The van der Waals surface area contributed by atoms with Crippen LogP contribution in [-0.2, 0) is 32.7 Å². The Morgan fingerprint density at radius 2 is 1.06 bits per heavy atom. The van der Waals surface area contributed by atoms with Crippen molar-refractivity contribution in [1.29, 1.82) is 0 Å². The smallest absolute Gasteiger partial charge is 0.462 e. The lowest BCUT2D eigenvalue weighted by molar-refractivity contribution is -0.161. The highest BCUT2D eigenvalue weighted by Gasteiger charge is 2.25. The second-order valence-corrected chi connectivity index (χ2v) is 14.2. The highest BCUT2D eigenvalue weighted by atomic mass is 31.2. The monoisotopic (exact) mass is 761 g/mol. The maximum atomic E-state index is 12.5. The van der Waals surface area contributed by atoms with E-state index in [9.17, 15) is 19.0 Å². The molecule has 0 bridgehead atoms. The van der Waals surface area contributed by atoms with E-state index in [0.29, 0.717) is 12.8 Å². The number of ether oxygens (including phenoxy) is 2. The Balaban J connectivity index is 4.34. The average molecular weight is 762 g/mol. The van der Waals surface area contributed by atoms with Crippen molar-refractivity contribution >= 4 is 19.8 Å². The number of phosphoric ester groups is 1. The van der Waals surface area contributed by atoms with Gasteiger partial charge < -0.3 is 20.1 Å². The van der Waals surface area contributed by atoms with Gasteiger partial charge in [0.05, 0.1) is 13.2 Å². The summed E-state index contributed by atoms with van der Waals surface area (Å²) in [6, 6.07) is 0. The van der Waals surface area contributed by atoms with Gasteiger partial charge in [-0.2, -0.15) is 0 Å². The lowest BCUT2D eigenvalue weighted by Gasteiger charge is -2.19. The molecule has 0 spiro atoms. The molecule has 0 amide bonds. The van der Waals surface area contributed by atoms with Gasteiger partial charge in [0.25, 0.3) is 0 Å². The molecule has 2 unspecified atom stereocenters. The number of nitrogens with two attached hydrogens (primary N) is 1. The van der Waals surface area contributed by atoms with Crippen LogP contribution in [0.1, 0.15) is 142 Å². The van der Waals surface area contributed by atoms with Gasteiger partial charge in [-0.25, -0.2) is 4.57 Å². The fourth-order valence-corrected chi connectivity index (χ4v) is 5.58. The van der Waals surface area contributed by atoms with Gasteiger partial charge in [0.1, 0.15) is 6.61 Å². The topological polar surface area (TPSA) is 134 Å². The van der Waals surface area contributed by atoms with Crippen LogP contribution >= 0.6 is 7.82 Å². The number of hydrogen-bond acceptors (Lipinski definition) is 8. The van der Waals surface area contributed by atoms with Gasteiger partial charge in [-0.1, -0.05) is 131 Å². The van der Waals surface area contributed by atoms with E-state index in [1.807, 2.05) is 6.08 Å². The molecule has 0 radical (unpaired) electrons. The van der Waals surface area contributed by atoms with E-state index < -0.39 is 32.5 Å². The van der Waals surface area contributed by atoms with Crippen LogP contribution < -0.4 is 5.73 Å². The Morgan fingerprint density at radius 3 is 1.60 bits per heavy atom. The quantitative estimate of drug-likeness (QED) is 0.0277. The summed E-state index contributed by atoms with van der Waals surface area (Å²) in [5.41, 5.74) is 5.33. The van der Waals surface area contributed by atoms with Crippen LogP contribution in [0.3, 0.4) is 0 Å². The Hall–Kier alpha value is -2.81. The van der Waals surface area contributed by atoms with Crippen LogP contribution in [0.15, 0.2) is 85.1 Å². The standard InChI is InChI=1S/C43H72NO8P/c1-3-5-7-9-11-13-15-17-19-20-22-23-25-27-29-31-33-35-42(45)49-39-41(40-51-53(47,48)50-38-37-44)52-43(46)36-34-32-30-28-26-24-21-18-16-14-12-10-8-6-4-2/h5,7,11-14,17-19,21-23,27,29,41H,3-4,6,8-10,15-16,20,24-26,28,30-40,44H2,1-2H3,(H,47,48). The summed E-state index contributed by atoms with van der Waals surface area (Å²) in [5, 5.41) is 0. The minimum Gasteiger partial charge on any atom is -0.462 e. The number of carbonyl (C=O) groups excluding carboxylic acids is 2. The van der Waals surface area contributed by atoms with Crippen LogP contribution in [0, 0.1) is 0 Å². The first-order valence-electron chi connectivity index (χ1n) is 20.1. The van der Waals surface area contributed by atoms with Crippen molar-refractivity contribution < 1.29 is 37.6 Å². The molecule has 0 aliphatic carbocycles. The van der Waals surface area contributed by atoms with Crippen LogP contribution in [0.4, 0.5) is 0 Å². The normalized spacial score (nSPS) is 14.3. The van der Waals surface area contributed by atoms with Crippen molar-refractivity contribution in [2.24, 2.45) is 5.73 Å². The third kappa shape index (κ3) is 38.7. The number of hydrogen-bond donors (Lipinski definition) is 2. The molecular weight excluding hydrogens is 689 g/mol. The van der Waals surface area contributed by atoms with Gasteiger partial charge in [-0.3, -0.25) is 18.6 Å². The zero-order valence-corrected chi connectivity index (χ0v) is 33.9. The number of rotatable bonds is 36. The minimum absolute atomic E-state index is 0.0388. The van der Waals surface area contributed by atoms with E-state index in [-0.39, 0.29) is 32.6 Å². The molecule has 53 heavy (non-hydrogen) atoms. The highest BCUT2D eigenvalue weighted by Crippen LogP contribution is 2.43. The fourth-order valence-electron chi connectivity index (χ4n) is 4.82. The first kappa shape index (κ1) is 50.2. The lowest BCUT2D eigenvalue weighted by Crippen LogP contribution is -2.29. The molecule has 0 saturated heterocycles. The Kier molecular flexibility index (Phi) is 36.8. The summed E-state index contributed by atoms with van der Waals surface area (Å²) >= 11 is 0. The van der Waals surface area contributed by atoms with Crippen molar-refractivity contribution in [2.75, 3.05) is 26.4 Å². The van der Waals surface area contributed by atoms with Crippen molar-refractivity contribution in [3.63, 3.8) is 0 Å². The van der Waals surface area contributed by atoms with Gasteiger partial charge in [-0.05, 0) is 83.5 Å². The van der Waals surface area contributed by atoms with E-state index in [1.54, 1.807) is 0 Å². The van der Waals surface area contributed by atoms with Gasteiger partial charge >= 0.3 is 19.8 Å². The molecule has 302 valence electrons. The molecule has 0 aromatic heterocycles. The Bertz CT molecular complexity index is 1140. The number of esters is 2. The molecule has 0 heterocycles. The molecule has 0 saturated carbocycles. The van der Waals surface area contributed by atoms with E-state index in [4.69, 9.17) is 24.3 Å². The zero-order valence-electron chi connectivity index (χ0n) is 33.0. The molecule has 2 atom stereocenters. The summed E-state index contributed by atoms with van der Waals surface area (Å²) in [6.07, 6.45) is 47.6. The molecule has 9 nitrogen and oxygen atoms in total. The molecule has 0 aromatic rings. The molecule has 0 rings (SSSR count). The summed E-state index contributed by atoms with van der Waals surface area (Å²) in [6.45, 7) is 3.48. The molecule has 0 aliphatic heterocycles. The first-order chi connectivity index (χ1) is 25.8. The maximum Gasteiger partial charge on any atom is 0.472 e. The Labute approximate surface area is 322 Å². The minimum atomic E-state index is -4.40. The van der Waals surface area contributed by atoms with Gasteiger partial charge in [0.15, 0.2) is 6.10 Å². The van der Waals surface area contributed by atoms with Crippen molar-refractivity contribution in [3.8, 4) is 0 Å². The summed E-state index contributed by atoms with van der Waals surface area (Å²) in [5.74, 6) is -0.923. The molecule has 0 fully saturated rings. The van der Waals surface area contributed by atoms with Crippen LogP contribution in [-0.4, -0.2) is 49.3 Å². The largest absolute Gasteiger partial charge is 0.472 e. The summed E-state index contributed by atoms with van der Waals surface area (Å²) in [7, 11) is -4.40. The molecule has 3 N–H and O–H groups in total. The SMILES string of the molecule is CCC=CCC=CCC=CCC=CCC=CCCCC(=O)OCC(COP(=O)(O)OCCN)OC(=O)CCCCCCCC=CCC=CCCCCC. The van der Waals surface area contributed by atoms with Crippen molar-refractivity contribution in [3.05, 3.63) is 85.1 Å². The molecule has 0 aromatic carbocycles. The number of phosphoric acid groups is 1. The van der Waals surface area contributed by atoms with E-state index in [0.717, 1.165) is 77.0 Å². The van der Waals surface area contributed by atoms with Gasteiger partial charge in [-0.15, -0.1) is 0 Å². The third-order valence-corrected chi connectivity index (χ3v) is 8.75. The van der Waals surface area contributed by atoms with Crippen LogP contribution in [0.25, 0.3) is 0 Å². The van der Waals surface area contributed by atoms with E-state index >= 15 is 0 Å². The molecular formula is C43H72NO8P. The lowest BCUT2D eigenvalue weighted by atomic mass is 10.1. The van der Waals surface area contributed by atoms with Crippen molar-refractivity contribution in [1.82, 2.24) is 0 Å². The van der Waals surface area contributed by atoms with E-state index in [2.05, 4.69) is 92.8 Å². The maximum absolute atomic E-state index is 12.5. The first-order valence-corrected chi connectivity index (χ1v) is 21.6. The van der Waals surface area contributed by atoms with Gasteiger partial charge in [0, 0.05) is 19.4 Å². The van der Waals surface area contributed by atoms with Gasteiger partial charge in [0.2, 0.25) is 0 Å².